The van der Waals surface area contributed by atoms with E-state index < -0.39 is 10.0 Å². The molecule has 0 saturated carbocycles. The summed E-state index contributed by atoms with van der Waals surface area (Å²) in [6.07, 6.45) is 0. The minimum Gasteiger partial charge on any atom is -0.395 e. The zero-order chi connectivity index (χ0) is 17.0. The fourth-order valence-corrected chi connectivity index (χ4v) is 2.34. The number of nitrogens with zero attached hydrogens (tertiary/aromatic N) is 4. The highest BCUT2D eigenvalue weighted by Gasteiger charge is 2.10. The van der Waals surface area contributed by atoms with Crippen LogP contribution in [0.1, 0.15) is 0 Å². The van der Waals surface area contributed by atoms with Gasteiger partial charge < -0.3 is 15.3 Å². The molecular weight excluding hydrogens is 344 g/mol. The average Bonchev–Trinajstić information content (AvgIpc) is 2.46. The standard InChI is InChI=1S/C12H15ClN6O3S/c1-19(6-7-20)12-17-10(13)16-11(18-12)15-8-2-4-9(5-3-8)23(14,21)22/h2-5,20H,6-7H2,1H3,(H2,14,21,22)(H,15,16,17,18). The molecule has 0 bridgehead atoms. The summed E-state index contributed by atoms with van der Waals surface area (Å²) in [4.78, 5) is 13.7. The van der Waals surface area contributed by atoms with Crippen molar-refractivity contribution in [3.8, 4) is 0 Å². The predicted octanol–water partition coefficient (Wildman–Crippen LogP) is 0.344. The SMILES string of the molecule is CN(CCO)c1nc(Cl)nc(Nc2ccc(S(N)(=O)=O)cc2)n1. The maximum Gasteiger partial charge on any atom is 0.238 e. The van der Waals surface area contributed by atoms with Crippen LogP contribution in [-0.4, -0.2) is 48.7 Å². The molecule has 11 heteroatoms. The number of nitrogens with one attached hydrogen (secondary N) is 1. The highest BCUT2D eigenvalue weighted by molar-refractivity contribution is 7.89. The first kappa shape index (κ1) is 17.3. The second-order valence-electron chi connectivity index (χ2n) is 4.57. The number of benzene rings is 1. The van der Waals surface area contributed by atoms with Gasteiger partial charge in [0.1, 0.15) is 0 Å². The number of anilines is 3. The molecular formula is C12H15ClN6O3S. The summed E-state index contributed by atoms with van der Waals surface area (Å²) >= 11 is 5.86. The van der Waals surface area contributed by atoms with Crippen LogP contribution >= 0.6 is 11.6 Å². The number of sulfonamides is 1. The summed E-state index contributed by atoms with van der Waals surface area (Å²) in [7, 11) is -2.04. The lowest BCUT2D eigenvalue weighted by atomic mass is 10.3. The third kappa shape index (κ3) is 4.73. The van der Waals surface area contributed by atoms with Gasteiger partial charge in [0.2, 0.25) is 27.2 Å². The molecule has 4 N–H and O–H groups in total. The van der Waals surface area contributed by atoms with Crippen LogP contribution in [0.3, 0.4) is 0 Å². The lowest BCUT2D eigenvalue weighted by molar-refractivity contribution is 0.303. The van der Waals surface area contributed by atoms with Crippen molar-refractivity contribution in [1.82, 2.24) is 15.0 Å². The van der Waals surface area contributed by atoms with Crippen LogP contribution in [0.15, 0.2) is 29.2 Å². The number of hydrogen-bond acceptors (Lipinski definition) is 8. The van der Waals surface area contributed by atoms with Crippen LogP contribution in [0.4, 0.5) is 17.6 Å². The van der Waals surface area contributed by atoms with E-state index in [1.807, 2.05) is 0 Å². The summed E-state index contributed by atoms with van der Waals surface area (Å²) in [5.74, 6) is 0.482. The highest BCUT2D eigenvalue weighted by Crippen LogP contribution is 2.18. The Labute approximate surface area is 138 Å². The predicted molar refractivity (Wildman–Crippen MR) is 86.3 cm³/mol. The molecule has 0 fully saturated rings. The van der Waals surface area contributed by atoms with Gasteiger partial charge in [0.15, 0.2) is 0 Å². The summed E-state index contributed by atoms with van der Waals surface area (Å²) in [5, 5.41) is 16.9. The van der Waals surface area contributed by atoms with E-state index in [0.29, 0.717) is 18.2 Å². The third-order valence-corrected chi connectivity index (χ3v) is 3.91. The van der Waals surface area contributed by atoms with Gasteiger partial charge in [-0.15, -0.1) is 0 Å². The van der Waals surface area contributed by atoms with Crippen molar-refractivity contribution < 1.29 is 13.5 Å². The smallest absolute Gasteiger partial charge is 0.238 e. The molecule has 0 spiro atoms. The van der Waals surface area contributed by atoms with Gasteiger partial charge in [-0.1, -0.05) is 0 Å². The molecule has 2 rings (SSSR count). The largest absolute Gasteiger partial charge is 0.395 e. The Hall–Kier alpha value is -2.01. The van der Waals surface area contributed by atoms with E-state index in [-0.39, 0.29) is 22.7 Å². The molecule has 0 atom stereocenters. The van der Waals surface area contributed by atoms with E-state index >= 15 is 0 Å². The van der Waals surface area contributed by atoms with Crippen LogP contribution < -0.4 is 15.4 Å². The molecule has 0 aliphatic carbocycles. The first-order chi connectivity index (χ1) is 10.8. The molecule has 0 unspecified atom stereocenters. The zero-order valence-electron chi connectivity index (χ0n) is 12.1. The van der Waals surface area contributed by atoms with Crippen molar-refractivity contribution in [3.05, 3.63) is 29.5 Å². The zero-order valence-corrected chi connectivity index (χ0v) is 13.7. The molecule has 0 amide bonds. The van der Waals surface area contributed by atoms with E-state index in [1.54, 1.807) is 11.9 Å². The second kappa shape index (κ2) is 7.04. The Morgan fingerprint density at radius 3 is 2.48 bits per heavy atom. The average molecular weight is 359 g/mol. The molecule has 0 saturated heterocycles. The Kier molecular flexibility index (Phi) is 5.31. The maximum absolute atomic E-state index is 11.2. The molecule has 0 aliphatic heterocycles. The van der Waals surface area contributed by atoms with Crippen molar-refractivity contribution in [3.63, 3.8) is 0 Å². The number of nitrogens with two attached hydrogens (primary N) is 1. The maximum atomic E-state index is 11.2. The van der Waals surface area contributed by atoms with E-state index in [4.69, 9.17) is 21.8 Å². The molecule has 2 aromatic rings. The van der Waals surface area contributed by atoms with Gasteiger partial charge in [-0.3, -0.25) is 0 Å². The number of primary sulfonamides is 1. The van der Waals surface area contributed by atoms with Crippen LogP contribution in [0.2, 0.25) is 5.28 Å². The molecule has 0 radical (unpaired) electrons. The Balaban J connectivity index is 2.23. The molecule has 1 aromatic heterocycles. The minimum atomic E-state index is -3.74. The topological polar surface area (TPSA) is 134 Å². The van der Waals surface area contributed by atoms with E-state index in [0.717, 1.165) is 0 Å². The van der Waals surface area contributed by atoms with Gasteiger partial charge in [0, 0.05) is 19.3 Å². The quantitative estimate of drug-likeness (QED) is 0.673. The Bertz CT molecular complexity index is 784. The van der Waals surface area contributed by atoms with Crippen LogP contribution in [0, 0.1) is 0 Å². The number of aliphatic hydroxyl groups is 1. The first-order valence-electron chi connectivity index (χ1n) is 6.43. The molecule has 124 valence electrons. The van der Waals surface area contributed by atoms with Crippen molar-refractivity contribution in [1.29, 1.82) is 0 Å². The molecule has 1 heterocycles. The van der Waals surface area contributed by atoms with Crippen molar-refractivity contribution >= 4 is 39.2 Å². The van der Waals surface area contributed by atoms with Gasteiger partial charge in [0.25, 0.3) is 0 Å². The van der Waals surface area contributed by atoms with Crippen molar-refractivity contribution in [2.24, 2.45) is 5.14 Å². The van der Waals surface area contributed by atoms with Crippen molar-refractivity contribution in [2.45, 2.75) is 4.90 Å². The molecule has 0 aliphatic rings. The normalized spacial score (nSPS) is 11.3. The van der Waals surface area contributed by atoms with Gasteiger partial charge in [0.05, 0.1) is 11.5 Å². The third-order valence-electron chi connectivity index (χ3n) is 2.81. The fourth-order valence-electron chi connectivity index (χ4n) is 1.67. The number of rotatable bonds is 6. The van der Waals surface area contributed by atoms with Crippen LogP contribution in [-0.2, 0) is 10.0 Å². The molecule has 1 aromatic carbocycles. The second-order valence-corrected chi connectivity index (χ2v) is 6.47. The number of likely N-dealkylation sites (N-methyl/N-ethyl adjacent to an activating group) is 1. The number of aliphatic hydroxyl groups excluding tert-OH is 1. The lowest BCUT2D eigenvalue weighted by Gasteiger charge is -2.16. The van der Waals surface area contributed by atoms with E-state index in [1.165, 1.54) is 24.3 Å². The monoisotopic (exact) mass is 358 g/mol. The van der Waals surface area contributed by atoms with E-state index in [9.17, 15) is 8.42 Å². The van der Waals surface area contributed by atoms with Crippen LogP contribution in [0.5, 0.6) is 0 Å². The summed E-state index contributed by atoms with van der Waals surface area (Å²) in [6.45, 7) is 0.278. The van der Waals surface area contributed by atoms with Crippen molar-refractivity contribution in [2.75, 3.05) is 30.4 Å². The van der Waals surface area contributed by atoms with Crippen LogP contribution in [0.25, 0.3) is 0 Å². The first-order valence-corrected chi connectivity index (χ1v) is 8.35. The molecule has 9 nitrogen and oxygen atoms in total. The summed E-state index contributed by atoms with van der Waals surface area (Å²) < 4.78 is 22.4. The number of hydrogen-bond donors (Lipinski definition) is 3. The summed E-state index contributed by atoms with van der Waals surface area (Å²) in [5.41, 5.74) is 0.551. The lowest BCUT2D eigenvalue weighted by Crippen LogP contribution is -2.24. The highest BCUT2D eigenvalue weighted by atomic mass is 35.5. The van der Waals surface area contributed by atoms with Gasteiger partial charge in [-0.05, 0) is 35.9 Å². The van der Waals surface area contributed by atoms with Gasteiger partial charge in [-0.2, -0.15) is 15.0 Å². The summed E-state index contributed by atoms with van der Waals surface area (Å²) in [6, 6.07) is 5.77. The minimum absolute atomic E-state index is 0.0000901. The molecule has 23 heavy (non-hydrogen) atoms. The fraction of sp³-hybridized carbons (Fsp3) is 0.250. The van der Waals surface area contributed by atoms with Gasteiger partial charge in [-0.25, -0.2) is 13.6 Å². The Morgan fingerprint density at radius 1 is 1.26 bits per heavy atom. The number of aromatic nitrogens is 3. The Morgan fingerprint density at radius 2 is 1.91 bits per heavy atom. The number of halogens is 1. The van der Waals surface area contributed by atoms with E-state index in [2.05, 4.69) is 20.3 Å². The van der Waals surface area contributed by atoms with Gasteiger partial charge >= 0.3 is 0 Å².